The van der Waals surface area contributed by atoms with Crippen LogP contribution in [0.25, 0.3) is 0 Å². The van der Waals surface area contributed by atoms with Crippen molar-refractivity contribution in [3.05, 3.63) is 64.7 Å². The second kappa shape index (κ2) is 5.73. The first-order chi connectivity index (χ1) is 10.8. The molecule has 0 radical (unpaired) electrons. The lowest BCUT2D eigenvalue weighted by atomic mass is 9.86. The summed E-state index contributed by atoms with van der Waals surface area (Å²) < 4.78 is 0. The van der Waals surface area contributed by atoms with Gasteiger partial charge in [0.25, 0.3) is 0 Å². The van der Waals surface area contributed by atoms with Gasteiger partial charge in [-0.3, -0.25) is 0 Å². The summed E-state index contributed by atoms with van der Waals surface area (Å²) in [6, 6.07) is 14.0. The maximum atomic E-state index is 11.1. The molecule has 2 aromatic rings. The summed E-state index contributed by atoms with van der Waals surface area (Å²) in [5.74, 6) is -0.872. The summed E-state index contributed by atoms with van der Waals surface area (Å²) in [7, 11) is 0. The highest BCUT2D eigenvalue weighted by Crippen LogP contribution is 2.33. The third kappa shape index (κ3) is 3.24. The molecule has 0 amide bonds. The Hall–Kier alpha value is -2.29. The van der Waals surface area contributed by atoms with Crippen LogP contribution >= 0.6 is 0 Å². The molecule has 0 saturated carbocycles. The van der Waals surface area contributed by atoms with Crippen molar-refractivity contribution in [1.82, 2.24) is 0 Å². The second-order valence-electron chi connectivity index (χ2n) is 7.27. The van der Waals surface area contributed by atoms with E-state index in [0.29, 0.717) is 5.56 Å². The molecule has 0 spiro atoms. The average molecular weight is 309 g/mol. The van der Waals surface area contributed by atoms with Crippen molar-refractivity contribution < 1.29 is 9.90 Å². The number of hydrogen-bond donors (Lipinski definition) is 1. The Bertz CT molecular complexity index is 744. The van der Waals surface area contributed by atoms with Gasteiger partial charge in [-0.05, 0) is 46.7 Å². The largest absolute Gasteiger partial charge is 0.478 e. The first-order valence-corrected chi connectivity index (χ1v) is 8.05. The summed E-state index contributed by atoms with van der Waals surface area (Å²) in [5.41, 5.74) is 5.59. The number of carbonyl (C=O) groups is 1. The highest BCUT2D eigenvalue weighted by atomic mass is 16.4. The molecular formula is C20H23NO2. The molecule has 0 atom stereocenters. The number of nitrogens with zero attached hydrogens (tertiary/aromatic N) is 1. The number of rotatable bonds is 3. The molecule has 1 aliphatic rings. The molecule has 0 saturated heterocycles. The van der Waals surface area contributed by atoms with Gasteiger partial charge in [-0.1, -0.05) is 45.0 Å². The smallest absolute Gasteiger partial charge is 0.335 e. The zero-order valence-corrected chi connectivity index (χ0v) is 14.0. The minimum absolute atomic E-state index is 0.165. The van der Waals surface area contributed by atoms with Gasteiger partial charge in [-0.15, -0.1) is 0 Å². The van der Waals surface area contributed by atoms with Crippen LogP contribution in [0.4, 0.5) is 5.69 Å². The van der Waals surface area contributed by atoms with E-state index in [1.54, 1.807) is 12.1 Å². The van der Waals surface area contributed by atoms with Crippen molar-refractivity contribution in [3.63, 3.8) is 0 Å². The maximum absolute atomic E-state index is 11.1. The van der Waals surface area contributed by atoms with Crippen LogP contribution in [0.3, 0.4) is 0 Å². The third-order valence-corrected chi connectivity index (χ3v) is 4.48. The fraction of sp³-hybridized carbons (Fsp3) is 0.350. The van der Waals surface area contributed by atoms with E-state index >= 15 is 0 Å². The van der Waals surface area contributed by atoms with Gasteiger partial charge in [0.15, 0.2) is 0 Å². The van der Waals surface area contributed by atoms with E-state index in [9.17, 15) is 4.79 Å². The number of aromatic carboxylic acids is 1. The van der Waals surface area contributed by atoms with Crippen LogP contribution < -0.4 is 4.90 Å². The van der Waals surface area contributed by atoms with Crippen LogP contribution in [0, 0.1) is 0 Å². The van der Waals surface area contributed by atoms with Crippen molar-refractivity contribution in [2.75, 3.05) is 11.4 Å². The molecule has 23 heavy (non-hydrogen) atoms. The number of benzene rings is 2. The minimum Gasteiger partial charge on any atom is -0.478 e. The van der Waals surface area contributed by atoms with Crippen molar-refractivity contribution in [1.29, 1.82) is 0 Å². The van der Waals surface area contributed by atoms with E-state index in [0.717, 1.165) is 25.1 Å². The molecule has 120 valence electrons. The Morgan fingerprint density at radius 3 is 2.65 bits per heavy atom. The Kier molecular flexibility index (Phi) is 3.88. The van der Waals surface area contributed by atoms with Crippen LogP contribution in [-0.4, -0.2) is 17.6 Å². The fourth-order valence-corrected chi connectivity index (χ4v) is 3.12. The molecule has 0 bridgehead atoms. The molecule has 3 rings (SSSR count). The molecule has 0 aromatic heterocycles. The van der Waals surface area contributed by atoms with Crippen molar-refractivity contribution >= 4 is 11.7 Å². The van der Waals surface area contributed by atoms with Crippen LogP contribution in [0.5, 0.6) is 0 Å². The Balaban J connectivity index is 1.83. The van der Waals surface area contributed by atoms with E-state index in [1.165, 1.54) is 16.8 Å². The summed E-state index contributed by atoms with van der Waals surface area (Å²) in [4.78, 5) is 13.4. The predicted molar refractivity (Wildman–Crippen MR) is 93.3 cm³/mol. The normalized spacial score (nSPS) is 14.0. The molecular weight excluding hydrogens is 286 g/mol. The van der Waals surface area contributed by atoms with E-state index in [1.807, 2.05) is 12.1 Å². The first kappa shape index (κ1) is 15.6. The highest BCUT2D eigenvalue weighted by molar-refractivity contribution is 5.87. The van der Waals surface area contributed by atoms with E-state index in [2.05, 4.69) is 43.9 Å². The second-order valence-corrected chi connectivity index (χ2v) is 7.27. The van der Waals surface area contributed by atoms with Crippen molar-refractivity contribution in [2.24, 2.45) is 0 Å². The molecule has 1 aliphatic heterocycles. The van der Waals surface area contributed by atoms with Crippen LogP contribution in [0.15, 0.2) is 42.5 Å². The standard InChI is InChI=1S/C20H23NO2/c1-20(2,3)17-7-8-18-15(12-17)9-10-21(18)13-14-5-4-6-16(11-14)19(22)23/h4-8,11-12H,9-10,13H2,1-3H3,(H,22,23). The first-order valence-electron chi connectivity index (χ1n) is 8.05. The molecule has 1 heterocycles. The zero-order valence-electron chi connectivity index (χ0n) is 14.0. The van der Waals surface area contributed by atoms with E-state index in [4.69, 9.17) is 5.11 Å². The Morgan fingerprint density at radius 2 is 1.96 bits per heavy atom. The Morgan fingerprint density at radius 1 is 1.17 bits per heavy atom. The molecule has 0 unspecified atom stereocenters. The van der Waals surface area contributed by atoms with Crippen LogP contribution in [-0.2, 0) is 18.4 Å². The molecule has 1 N–H and O–H groups in total. The lowest BCUT2D eigenvalue weighted by molar-refractivity contribution is 0.0696. The van der Waals surface area contributed by atoms with E-state index < -0.39 is 5.97 Å². The number of hydrogen-bond acceptors (Lipinski definition) is 2. The highest BCUT2D eigenvalue weighted by Gasteiger charge is 2.22. The molecule has 3 nitrogen and oxygen atoms in total. The summed E-state index contributed by atoms with van der Waals surface area (Å²) in [6.45, 7) is 8.44. The zero-order chi connectivity index (χ0) is 16.6. The van der Waals surface area contributed by atoms with Gasteiger partial charge in [0, 0.05) is 18.8 Å². The van der Waals surface area contributed by atoms with Gasteiger partial charge in [0.1, 0.15) is 0 Å². The lowest BCUT2D eigenvalue weighted by Crippen LogP contribution is -2.20. The van der Waals surface area contributed by atoms with Gasteiger partial charge in [-0.2, -0.15) is 0 Å². The quantitative estimate of drug-likeness (QED) is 0.921. The molecule has 0 aliphatic carbocycles. The number of carboxylic acid groups (broad SMARTS) is 1. The SMILES string of the molecule is CC(C)(C)c1ccc2c(c1)CCN2Cc1cccc(C(=O)O)c1. The lowest BCUT2D eigenvalue weighted by Gasteiger charge is -2.23. The van der Waals surface area contributed by atoms with Gasteiger partial charge in [-0.25, -0.2) is 4.79 Å². The van der Waals surface area contributed by atoms with Gasteiger partial charge < -0.3 is 10.0 Å². The van der Waals surface area contributed by atoms with Crippen LogP contribution in [0.1, 0.15) is 47.8 Å². The van der Waals surface area contributed by atoms with Crippen LogP contribution in [0.2, 0.25) is 0 Å². The van der Waals surface area contributed by atoms with Gasteiger partial charge in [0.2, 0.25) is 0 Å². The summed E-state index contributed by atoms with van der Waals surface area (Å²) >= 11 is 0. The average Bonchev–Trinajstić information content (AvgIpc) is 2.89. The number of fused-ring (bicyclic) bond motifs is 1. The number of anilines is 1. The summed E-state index contributed by atoms with van der Waals surface area (Å²) in [5, 5.41) is 9.12. The van der Waals surface area contributed by atoms with Gasteiger partial charge in [0.05, 0.1) is 5.56 Å². The molecule has 3 heteroatoms. The van der Waals surface area contributed by atoms with E-state index in [-0.39, 0.29) is 5.41 Å². The topological polar surface area (TPSA) is 40.5 Å². The minimum atomic E-state index is -0.872. The maximum Gasteiger partial charge on any atom is 0.335 e. The van der Waals surface area contributed by atoms with Gasteiger partial charge >= 0.3 is 5.97 Å². The third-order valence-electron chi connectivity index (χ3n) is 4.48. The monoisotopic (exact) mass is 309 g/mol. The van der Waals surface area contributed by atoms with Crippen molar-refractivity contribution in [2.45, 2.75) is 39.2 Å². The molecule has 0 fully saturated rings. The predicted octanol–water partition coefficient (Wildman–Crippen LogP) is 4.25. The van der Waals surface area contributed by atoms with Crippen molar-refractivity contribution in [3.8, 4) is 0 Å². The summed E-state index contributed by atoms with van der Waals surface area (Å²) in [6.07, 6.45) is 1.05. The number of carboxylic acids is 1. The Labute approximate surface area is 137 Å². The fourth-order valence-electron chi connectivity index (χ4n) is 3.12. The molecule has 2 aromatic carbocycles.